The van der Waals surface area contributed by atoms with Crippen molar-refractivity contribution in [2.75, 3.05) is 0 Å². The molecule has 0 heterocycles. The highest BCUT2D eigenvalue weighted by molar-refractivity contribution is 4.98. The topological polar surface area (TPSA) is 0 Å². The minimum Gasteiger partial charge on any atom is -0.0854 e. The molecule has 1 saturated carbocycles. The number of hydrogen-bond donors (Lipinski definition) is 0. The van der Waals surface area contributed by atoms with Crippen molar-refractivity contribution < 1.29 is 0 Å². The Morgan fingerprint density at radius 3 is 2.23 bits per heavy atom. The van der Waals surface area contributed by atoms with E-state index in [4.69, 9.17) is 0 Å². The fourth-order valence-corrected chi connectivity index (χ4v) is 2.30. The summed E-state index contributed by atoms with van der Waals surface area (Å²) in [6.07, 6.45) is 9.03. The van der Waals surface area contributed by atoms with Gasteiger partial charge in [-0.1, -0.05) is 46.3 Å². The molecule has 0 heteroatoms. The van der Waals surface area contributed by atoms with Crippen molar-refractivity contribution in [3.8, 4) is 0 Å². The lowest BCUT2D eigenvalue weighted by atomic mass is 9.90. The molecule has 0 aliphatic heterocycles. The van der Waals surface area contributed by atoms with E-state index in [1.54, 1.807) is 0 Å². The third kappa shape index (κ3) is 2.86. The van der Waals surface area contributed by atoms with E-state index < -0.39 is 0 Å². The van der Waals surface area contributed by atoms with Crippen LogP contribution in [0.15, 0.2) is 12.2 Å². The summed E-state index contributed by atoms with van der Waals surface area (Å²) < 4.78 is 0. The van der Waals surface area contributed by atoms with Crippen LogP contribution in [0.4, 0.5) is 0 Å². The Bertz CT molecular complexity index is 159. The van der Waals surface area contributed by atoms with Crippen LogP contribution in [0.2, 0.25) is 0 Å². The minimum absolute atomic E-state index is 0.764. The van der Waals surface area contributed by atoms with Crippen LogP contribution >= 0.6 is 0 Å². The van der Waals surface area contributed by atoms with Gasteiger partial charge in [0.05, 0.1) is 0 Å². The van der Waals surface area contributed by atoms with Crippen LogP contribution in [0.25, 0.3) is 0 Å². The van der Waals surface area contributed by atoms with Gasteiger partial charge in [-0.2, -0.15) is 0 Å². The predicted molar refractivity (Wildman–Crippen MR) is 59.6 cm³/mol. The SMILES string of the molecule is CC[C@H](C)/C=C/C1C(C)CC[C@H]1C. The third-order valence-electron chi connectivity index (χ3n) is 3.70. The highest BCUT2D eigenvalue weighted by Crippen LogP contribution is 2.37. The zero-order chi connectivity index (χ0) is 9.84. The van der Waals surface area contributed by atoms with Crippen LogP contribution in [0, 0.1) is 23.7 Å². The molecule has 0 aromatic heterocycles. The molecule has 13 heavy (non-hydrogen) atoms. The number of allylic oxidation sites excluding steroid dienone is 2. The van der Waals surface area contributed by atoms with Gasteiger partial charge in [0, 0.05) is 0 Å². The zero-order valence-electron chi connectivity index (χ0n) is 9.59. The van der Waals surface area contributed by atoms with Crippen molar-refractivity contribution in [2.45, 2.75) is 47.0 Å². The number of hydrogen-bond acceptors (Lipinski definition) is 0. The zero-order valence-corrected chi connectivity index (χ0v) is 9.59. The average molecular weight is 180 g/mol. The summed E-state index contributed by atoms with van der Waals surface area (Å²) in [6.45, 7) is 9.36. The molecule has 0 nitrogen and oxygen atoms in total. The van der Waals surface area contributed by atoms with Gasteiger partial charge in [-0.05, 0) is 36.5 Å². The van der Waals surface area contributed by atoms with Gasteiger partial charge in [-0.15, -0.1) is 0 Å². The second-order valence-electron chi connectivity index (χ2n) is 4.88. The Morgan fingerprint density at radius 1 is 1.23 bits per heavy atom. The van der Waals surface area contributed by atoms with E-state index in [-0.39, 0.29) is 0 Å². The Hall–Kier alpha value is -0.260. The summed E-state index contributed by atoms with van der Waals surface area (Å²) in [4.78, 5) is 0. The standard InChI is InChI=1S/C13H24/c1-5-10(2)6-9-13-11(3)7-8-12(13)4/h6,9-13H,5,7-8H2,1-4H3/b9-6+/t10-,11+,12?,13?/m0/s1. The summed E-state index contributed by atoms with van der Waals surface area (Å²) in [5, 5.41) is 0. The van der Waals surface area contributed by atoms with Crippen LogP contribution < -0.4 is 0 Å². The van der Waals surface area contributed by atoms with E-state index >= 15 is 0 Å². The summed E-state index contributed by atoms with van der Waals surface area (Å²) in [6, 6.07) is 0. The normalized spacial score (nSPS) is 37.1. The Morgan fingerprint density at radius 2 is 1.77 bits per heavy atom. The van der Waals surface area contributed by atoms with Crippen LogP contribution in [0.5, 0.6) is 0 Å². The summed E-state index contributed by atoms with van der Waals surface area (Å²) in [5.41, 5.74) is 0. The molecule has 1 fully saturated rings. The molecule has 4 atom stereocenters. The van der Waals surface area contributed by atoms with Crippen LogP contribution in [-0.2, 0) is 0 Å². The van der Waals surface area contributed by atoms with Gasteiger partial charge in [0.2, 0.25) is 0 Å². The van der Waals surface area contributed by atoms with Crippen LogP contribution in [0.3, 0.4) is 0 Å². The van der Waals surface area contributed by atoms with Crippen molar-refractivity contribution in [3.63, 3.8) is 0 Å². The highest BCUT2D eigenvalue weighted by atomic mass is 14.3. The molecule has 0 radical (unpaired) electrons. The molecule has 0 bridgehead atoms. The monoisotopic (exact) mass is 180 g/mol. The minimum atomic E-state index is 0.764. The fraction of sp³-hybridized carbons (Fsp3) is 0.846. The molecule has 0 N–H and O–H groups in total. The fourth-order valence-electron chi connectivity index (χ4n) is 2.30. The molecular formula is C13H24. The quantitative estimate of drug-likeness (QED) is 0.569. The molecule has 0 aromatic rings. The van der Waals surface area contributed by atoms with Gasteiger partial charge >= 0.3 is 0 Å². The second-order valence-corrected chi connectivity index (χ2v) is 4.88. The Balaban J connectivity index is 2.47. The van der Waals surface area contributed by atoms with Crippen molar-refractivity contribution in [1.82, 2.24) is 0 Å². The van der Waals surface area contributed by atoms with E-state index in [9.17, 15) is 0 Å². The average Bonchev–Trinajstić information content (AvgIpc) is 2.43. The Labute approximate surface area is 83.4 Å². The maximum atomic E-state index is 2.48. The van der Waals surface area contributed by atoms with E-state index in [1.165, 1.54) is 19.3 Å². The first-order valence-corrected chi connectivity index (χ1v) is 5.83. The van der Waals surface area contributed by atoms with Gasteiger partial charge in [0.25, 0.3) is 0 Å². The van der Waals surface area contributed by atoms with E-state index in [2.05, 4.69) is 39.8 Å². The van der Waals surface area contributed by atoms with Gasteiger partial charge in [-0.25, -0.2) is 0 Å². The summed E-state index contributed by atoms with van der Waals surface area (Å²) >= 11 is 0. The number of rotatable bonds is 3. The first-order valence-electron chi connectivity index (χ1n) is 5.83. The van der Waals surface area contributed by atoms with Gasteiger partial charge in [0.1, 0.15) is 0 Å². The van der Waals surface area contributed by atoms with Crippen molar-refractivity contribution in [2.24, 2.45) is 23.7 Å². The largest absolute Gasteiger partial charge is 0.0854 e. The van der Waals surface area contributed by atoms with Gasteiger partial charge < -0.3 is 0 Å². The molecule has 0 aromatic carbocycles. The van der Waals surface area contributed by atoms with E-state index in [0.29, 0.717) is 0 Å². The van der Waals surface area contributed by atoms with Crippen LogP contribution in [0.1, 0.15) is 47.0 Å². The maximum absolute atomic E-state index is 2.48. The second kappa shape index (κ2) is 4.83. The molecule has 1 rings (SSSR count). The molecule has 1 aliphatic carbocycles. The molecule has 1 aliphatic rings. The molecule has 0 spiro atoms. The highest BCUT2D eigenvalue weighted by Gasteiger charge is 2.27. The van der Waals surface area contributed by atoms with Gasteiger partial charge in [-0.3, -0.25) is 0 Å². The molecule has 2 unspecified atom stereocenters. The lowest BCUT2D eigenvalue weighted by molar-refractivity contribution is 0.423. The smallest absolute Gasteiger partial charge is 0.0182 e. The molecule has 0 amide bonds. The van der Waals surface area contributed by atoms with Crippen molar-refractivity contribution in [1.29, 1.82) is 0 Å². The lowest BCUT2D eigenvalue weighted by Crippen LogP contribution is -2.07. The molecular weight excluding hydrogens is 156 g/mol. The summed E-state index contributed by atoms with van der Waals surface area (Å²) in [5.74, 6) is 3.44. The van der Waals surface area contributed by atoms with Gasteiger partial charge in [0.15, 0.2) is 0 Å². The maximum Gasteiger partial charge on any atom is -0.0182 e. The first-order chi connectivity index (χ1) is 6.15. The van der Waals surface area contributed by atoms with Crippen molar-refractivity contribution >= 4 is 0 Å². The summed E-state index contributed by atoms with van der Waals surface area (Å²) in [7, 11) is 0. The first kappa shape index (κ1) is 10.8. The molecule has 0 saturated heterocycles. The predicted octanol–water partition coefficient (Wildman–Crippen LogP) is 4.27. The Kier molecular flexibility index (Phi) is 4.02. The third-order valence-corrected chi connectivity index (χ3v) is 3.70. The van der Waals surface area contributed by atoms with Crippen molar-refractivity contribution in [3.05, 3.63) is 12.2 Å². The van der Waals surface area contributed by atoms with E-state index in [0.717, 1.165) is 23.7 Å². The van der Waals surface area contributed by atoms with E-state index in [1.807, 2.05) is 0 Å². The lowest BCUT2D eigenvalue weighted by Gasteiger charge is -2.15. The van der Waals surface area contributed by atoms with Crippen LogP contribution in [-0.4, -0.2) is 0 Å². The molecule has 76 valence electrons.